The van der Waals surface area contributed by atoms with Crippen molar-refractivity contribution in [1.82, 2.24) is 19.5 Å². The fourth-order valence-electron chi connectivity index (χ4n) is 3.24. The Kier molecular flexibility index (Phi) is 5.42. The lowest BCUT2D eigenvalue weighted by atomic mass is 10.1. The molecule has 29 heavy (non-hydrogen) atoms. The van der Waals surface area contributed by atoms with Crippen LogP contribution in [0, 0.1) is 6.92 Å². The molecule has 0 fully saturated rings. The van der Waals surface area contributed by atoms with Gasteiger partial charge in [0, 0.05) is 6.04 Å². The summed E-state index contributed by atoms with van der Waals surface area (Å²) in [5, 5.41) is 3.34. The Balaban J connectivity index is 1.37. The maximum atomic E-state index is 5.87. The number of hydrogen-bond donors (Lipinski definition) is 1. The predicted molar refractivity (Wildman–Crippen MR) is 116 cm³/mol. The fourth-order valence-corrected chi connectivity index (χ4v) is 3.24. The van der Waals surface area contributed by atoms with E-state index in [1.54, 1.807) is 0 Å². The van der Waals surface area contributed by atoms with Gasteiger partial charge >= 0.3 is 0 Å². The molecule has 0 radical (unpaired) electrons. The van der Waals surface area contributed by atoms with Crippen LogP contribution in [0.15, 0.2) is 60.9 Å². The maximum absolute atomic E-state index is 5.87. The van der Waals surface area contributed by atoms with Crippen molar-refractivity contribution < 1.29 is 4.74 Å². The van der Waals surface area contributed by atoms with Gasteiger partial charge in [-0.3, -0.25) is 0 Å². The molecule has 0 bridgehead atoms. The summed E-state index contributed by atoms with van der Waals surface area (Å²) in [4.78, 5) is 13.5. The van der Waals surface area contributed by atoms with Gasteiger partial charge in [0.05, 0.1) is 12.9 Å². The molecule has 0 aliphatic heterocycles. The number of rotatable bonds is 7. The van der Waals surface area contributed by atoms with Gasteiger partial charge in [-0.15, -0.1) is 0 Å². The number of fused-ring (bicyclic) bond motifs is 1. The Labute approximate surface area is 170 Å². The third kappa shape index (κ3) is 4.21. The lowest BCUT2D eigenvalue weighted by Gasteiger charge is -2.11. The van der Waals surface area contributed by atoms with Gasteiger partial charge in [0.1, 0.15) is 23.7 Å². The lowest BCUT2D eigenvalue weighted by molar-refractivity contribution is 0.333. The normalized spacial score (nSPS) is 11.2. The maximum Gasteiger partial charge on any atom is 0.165 e. The van der Waals surface area contributed by atoms with Crippen LogP contribution in [0.1, 0.15) is 25.7 Å². The van der Waals surface area contributed by atoms with Crippen molar-refractivity contribution in [3.8, 4) is 16.9 Å². The van der Waals surface area contributed by atoms with E-state index in [-0.39, 0.29) is 0 Å². The number of nitrogens with zero attached hydrogens (tertiary/aromatic N) is 4. The minimum Gasteiger partial charge on any atom is -0.492 e. The van der Waals surface area contributed by atoms with Gasteiger partial charge in [0.25, 0.3) is 0 Å². The number of benzene rings is 2. The van der Waals surface area contributed by atoms with Crippen molar-refractivity contribution in [3.05, 3.63) is 66.7 Å². The predicted octanol–water partition coefficient (Wildman–Crippen LogP) is 4.87. The van der Waals surface area contributed by atoms with Crippen LogP contribution < -0.4 is 10.1 Å². The largest absolute Gasteiger partial charge is 0.492 e. The summed E-state index contributed by atoms with van der Waals surface area (Å²) in [6.07, 6.45) is 1.82. The Morgan fingerprint density at radius 3 is 2.41 bits per heavy atom. The van der Waals surface area contributed by atoms with Crippen LogP contribution in [0.2, 0.25) is 0 Å². The highest BCUT2D eigenvalue weighted by molar-refractivity contribution is 5.83. The highest BCUT2D eigenvalue weighted by Gasteiger charge is 2.13. The van der Waals surface area contributed by atoms with Crippen LogP contribution in [0.25, 0.3) is 22.3 Å². The number of aryl methyl sites for hydroxylation is 1. The summed E-state index contributed by atoms with van der Waals surface area (Å²) in [6, 6.07) is 18.8. The first kappa shape index (κ1) is 18.9. The molecule has 0 saturated heterocycles. The minimum atomic E-state index is 0.296. The van der Waals surface area contributed by atoms with Crippen LogP contribution in [0.5, 0.6) is 5.75 Å². The zero-order valence-electron chi connectivity index (χ0n) is 17.0. The lowest BCUT2D eigenvalue weighted by Crippen LogP contribution is -2.13. The van der Waals surface area contributed by atoms with Crippen LogP contribution in [0.4, 0.5) is 5.82 Å². The topological polar surface area (TPSA) is 64.9 Å². The molecule has 1 N–H and O–H groups in total. The number of hydrogen-bond acceptors (Lipinski definition) is 5. The summed E-state index contributed by atoms with van der Waals surface area (Å²) in [5.74, 6) is 2.31. The Morgan fingerprint density at radius 2 is 1.69 bits per heavy atom. The molecule has 0 aliphatic carbocycles. The molecule has 2 aromatic carbocycles. The van der Waals surface area contributed by atoms with Gasteiger partial charge in [-0.1, -0.05) is 42.5 Å². The van der Waals surface area contributed by atoms with E-state index in [4.69, 9.17) is 4.74 Å². The average molecular weight is 387 g/mol. The second kappa shape index (κ2) is 8.31. The SMILES string of the molecule is Cc1nc(NCCOc2ccc(-c3ccccc3)cc2)c2ncn(C(C)C)c2n1. The summed E-state index contributed by atoms with van der Waals surface area (Å²) >= 11 is 0. The summed E-state index contributed by atoms with van der Waals surface area (Å²) in [5.41, 5.74) is 4.02. The Hall–Kier alpha value is -3.41. The first-order valence-electron chi connectivity index (χ1n) is 9.85. The van der Waals surface area contributed by atoms with E-state index in [2.05, 4.69) is 62.9 Å². The zero-order chi connectivity index (χ0) is 20.2. The van der Waals surface area contributed by atoms with E-state index < -0.39 is 0 Å². The molecule has 0 aliphatic rings. The molecular weight excluding hydrogens is 362 g/mol. The van der Waals surface area contributed by atoms with E-state index in [0.717, 1.165) is 28.6 Å². The molecule has 6 nitrogen and oxygen atoms in total. The summed E-state index contributed by atoms with van der Waals surface area (Å²) in [7, 11) is 0. The molecule has 2 heterocycles. The number of anilines is 1. The van der Waals surface area contributed by atoms with Crippen molar-refractivity contribution in [2.75, 3.05) is 18.5 Å². The van der Waals surface area contributed by atoms with Gasteiger partial charge in [0.2, 0.25) is 0 Å². The van der Waals surface area contributed by atoms with E-state index in [1.165, 1.54) is 11.1 Å². The molecule has 0 unspecified atom stereocenters. The Bertz CT molecular complexity index is 1090. The second-order valence-corrected chi connectivity index (χ2v) is 7.20. The smallest absolute Gasteiger partial charge is 0.165 e. The van der Waals surface area contributed by atoms with Crippen LogP contribution >= 0.6 is 0 Å². The first-order chi connectivity index (χ1) is 14.1. The van der Waals surface area contributed by atoms with E-state index >= 15 is 0 Å². The standard InChI is InChI=1S/C23H25N5O/c1-16(2)28-15-25-21-22(26-17(3)27-23(21)28)24-13-14-29-20-11-9-19(10-12-20)18-7-5-4-6-8-18/h4-12,15-16H,13-14H2,1-3H3,(H,24,26,27). The molecule has 4 rings (SSSR count). The summed E-state index contributed by atoms with van der Waals surface area (Å²) in [6.45, 7) is 7.28. The molecule has 0 amide bonds. The van der Waals surface area contributed by atoms with Gasteiger partial charge < -0.3 is 14.6 Å². The summed E-state index contributed by atoms with van der Waals surface area (Å²) < 4.78 is 7.93. The van der Waals surface area contributed by atoms with E-state index in [1.807, 2.05) is 43.6 Å². The number of aromatic nitrogens is 4. The molecular formula is C23H25N5O. The van der Waals surface area contributed by atoms with Crippen molar-refractivity contribution >= 4 is 17.0 Å². The highest BCUT2D eigenvalue weighted by atomic mass is 16.5. The van der Waals surface area contributed by atoms with Crippen molar-refractivity contribution in [2.45, 2.75) is 26.8 Å². The van der Waals surface area contributed by atoms with Crippen molar-refractivity contribution in [2.24, 2.45) is 0 Å². The first-order valence-corrected chi connectivity index (χ1v) is 9.85. The van der Waals surface area contributed by atoms with Gasteiger partial charge in [-0.05, 0) is 44.0 Å². The average Bonchev–Trinajstić information content (AvgIpc) is 3.16. The van der Waals surface area contributed by atoms with Crippen LogP contribution in [-0.4, -0.2) is 32.7 Å². The molecule has 2 aromatic heterocycles. The monoisotopic (exact) mass is 387 g/mol. The molecule has 148 valence electrons. The number of imidazole rings is 1. The quantitative estimate of drug-likeness (QED) is 0.458. The second-order valence-electron chi connectivity index (χ2n) is 7.20. The Morgan fingerprint density at radius 1 is 0.966 bits per heavy atom. The van der Waals surface area contributed by atoms with Crippen molar-refractivity contribution in [1.29, 1.82) is 0 Å². The molecule has 6 heteroatoms. The third-order valence-electron chi connectivity index (χ3n) is 4.71. The van der Waals surface area contributed by atoms with Crippen molar-refractivity contribution in [3.63, 3.8) is 0 Å². The third-order valence-corrected chi connectivity index (χ3v) is 4.71. The number of ether oxygens (including phenoxy) is 1. The van der Waals surface area contributed by atoms with Gasteiger partial charge in [-0.25, -0.2) is 15.0 Å². The van der Waals surface area contributed by atoms with Crippen LogP contribution in [0.3, 0.4) is 0 Å². The highest BCUT2D eigenvalue weighted by Crippen LogP contribution is 2.23. The van der Waals surface area contributed by atoms with Crippen LogP contribution in [-0.2, 0) is 0 Å². The number of nitrogens with one attached hydrogen (secondary N) is 1. The fraction of sp³-hybridized carbons (Fsp3) is 0.261. The van der Waals surface area contributed by atoms with Gasteiger partial charge in [0.15, 0.2) is 11.5 Å². The van der Waals surface area contributed by atoms with Gasteiger partial charge in [-0.2, -0.15) is 0 Å². The molecule has 0 spiro atoms. The minimum absolute atomic E-state index is 0.296. The zero-order valence-corrected chi connectivity index (χ0v) is 17.0. The molecule has 0 atom stereocenters. The molecule has 4 aromatic rings. The molecule has 0 saturated carbocycles. The van der Waals surface area contributed by atoms with E-state index in [9.17, 15) is 0 Å². The van der Waals surface area contributed by atoms with E-state index in [0.29, 0.717) is 19.2 Å².